The Balaban J connectivity index is 2.15. The molecule has 1 aromatic carbocycles. The van der Waals surface area contributed by atoms with Gasteiger partial charge in [0.1, 0.15) is 5.58 Å². The van der Waals surface area contributed by atoms with Gasteiger partial charge < -0.3 is 15.5 Å². The minimum Gasteiger partial charge on any atom is -0.464 e. The van der Waals surface area contributed by atoms with E-state index in [-0.39, 0.29) is 11.0 Å². The van der Waals surface area contributed by atoms with Crippen LogP contribution >= 0.6 is 0 Å². The highest BCUT2D eigenvalue weighted by Crippen LogP contribution is 2.31. The molecule has 1 aromatic heterocycles. The molecule has 0 amide bonds. The Morgan fingerprint density at radius 3 is 2.47 bits per heavy atom. The fourth-order valence-corrected chi connectivity index (χ4v) is 2.29. The molecule has 0 aliphatic carbocycles. The van der Waals surface area contributed by atoms with Gasteiger partial charge in [-0.25, -0.2) is 0 Å². The molecule has 0 bridgehead atoms. The molecule has 104 valence electrons. The molecule has 19 heavy (non-hydrogen) atoms. The van der Waals surface area contributed by atoms with Crippen molar-refractivity contribution in [3.8, 4) is 0 Å². The van der Waals surface area contributed by atoms with E-state index in [1.807, 2.05) is 38.3 Å². The van der Waals surface area contributed by atoms with E-state index in [4.69, 9.17) is 10.2 Å². The van der Waals surface area contributed by atoms with Crippen LogP contribution in [0.2, 0.25) is 0 Å². The van der Waals surface area contributed by atoms with Gasteiger partial charge in [-0.3, -0.25) is 0 Å². The molecular formula is C16H24N2O. The molecule has 0 fully saturated rings. The third-order valence-corrected chi connectivity index (χ3v) is 3.36. The first-order chi connectivity index (χ1) is 8.80. The lowest BCUT2D eigenvalue weighted by atomic mass is 9.84. The van der Waals surface area contributed by atoms with Crippen molar-refractivity contribution in [1.29, 1.82) is 0 Å². The SMILES string of the molecule is CC(C)(N)CNCC(C)(C)c1coc2ccccc12. The number of hydrogen-bond acceptors (Lipinski definition) is 3. The van der Waals surface area contributed by atoms with Crippen LogP contribution in [-0.2, 0) is 5.41 Å². The smallest absolute Gasteiger partial charge is 0.134 e. The molecule has 3 heteroatoms. The number of hydrogen-bond donors (Lipinski definition) is 2. The molecule has 0 saturated heterocycles. The van der Waals surface area contributed by atoms with Gasteiger partial charge in [0.05, 0.1) is 6.26 Å². The van der Waals surface area contributed by atoms with Gasteiger partial charge in [-0.2, -0.15) is 0 Å². The second kappa shape index (κ2) is 4.99. The number of fused-ring (bicyclic) bond motifs is 1. The zero-order valence-corrected chi connectivity index (χ0v) is 12.3. The summed E-state index contributed by atoms with van der Waals surface area (Å²) >= 11 is 0. The molecule has 0 saturated carbocycles. The number of para-hydroxylation sites is 1. The van der Waals surface area contributed by atoms with Crippen molar-refractivity contribution in [2.45, 2.75) is 38.6 Å². The Morgan fingerprint density at radius 2 is 1.79 bits per heavy atom. The van der Waals surface area contributed by atoms with Crippen LogP contribution in [0.3, 0.4) is 0 Å². The Labute approximate surface area is 115 Å². The number of furan rings is 1. The zero-order chi connectivity index (χ0) is 14.1. The summed E-state index contributed by atoms with van der Waals surface area (Å²) in [6.07, 6.45) is 1.87. The molecule has 0 atom stereocenters. The molecule has 0 aliphatic rings. The van der Waals surface area contributed by atoms with Gasteiger partial charge in [0, 0.05) is 35.0 Å². The monoisotopic (exact) mass is 260 g/mol. The maximum absolute atomic E-state index is 5.99. The standard InChI is InChI=1S/C16H24N2O/c1-15(2,10-18-11-16(3,4)17)13-9-19-14-8-6-5-7-12(13)14/h5-9,18H,10-11,17H2,1-4H3. The first-order valence-electron chi connectivity index (χ1n) is 6.76. The lowest BCUT2D eigenvalue weighted by Gasteiger charge is -2.27. The first-order valence-corrected chi connectivity index (χ1v) is 6.76. The van der Waals surface area contributed by atoms with Crippen LogP contribution in [0.4, 0.5) is 0 Å². The van der Waals surface area contributed by atoms with E-state index in [9.17, 15) is 0 Å². The van der Waals surface area contributed by atoms with Gasteiger partial charge in [-0.05, 0) is 19.9 Å². The lowest BCUT2D eigenvalue weighted by molar-refractivity contribution is 0.410. The molecule has 0 unspecified atom stereocenters. The summed E-state index contributed by atoms with van der Waals surface area (Å²) in [6, 6.07) is 8.17. The quantitative estimate of drug-likeness (QED) is 0.868. The van der Waals surface area contributed by atoms with Crippen molar-refractivity contribution in [3.63, 3.8) is 0 Å². The highest BCUT2D eigenvalue weighted by atomic mass is 16.3. The largest absolute Gasteiger partial charge is 0.464 e. The van der Waals surface area contributed by atoms with E-state index in [0.29, 0.717) is 0 Å². The third-order valence-electron chi connectivity index (χ3n) is 3.36. The first kappa shape index (κ1) is 14.1. The van der Waals surface area contributed by atoms with E-state index in [2.05, 4.69) is 25.2 Å². The summed E-state index contributed by atoms with van der Waals surface area (Å²) in [5, 5.41) is 4.65. The van der Waals surface area contributed by atoms with Crippen LogP contribution in [0.5, 0.6) is 0 Å². The molecular weight excluding hydrogens is 236 g/mol. The number of rotatable bonds is 5. The molecule has 3 N–H and O–H groups in total. The molecule has 2 aromatic rings. The predicted octanol–water partition coefficient (Wildman–Crippen LogP) is 3.04. The molecule has 0 spiro atoms. The summed E-state index contributed by atoms with van der Waals surface area (Å²) in [6.45, 7) is 10.2. The fraction of sp³-hybridized carbons (Fsp3) is 0.500. The van der Waals surface area contributed by atoms with E-state index < -0.39 is 0 Å². The van der Waals surface area contributed by atoms with Crippen molar-refractivity contribution in [3.05, 3.63) is 36.1 Å². The number of nitrogens with two attached hydrogens (primary N) is 1. The summed E-state index contributed by atoms with van der Waals surface area (Å²) in [4.78, 5) is 0. The fourth-order valence-electron chi connectivity index (χ4n) is 2.29. The Hall–Kier alpha value is -1.32. The maximum atomic E-state index is 5.99. The molecule has 0 aliphatic heterocycles. The van der Waals surface area contributed by atoms with Gasteiger partial charge in [-0.15, -0.1) is 0 Å². The van der Waals surface area contributed by atoms with Crippen LogP contribution in [0.15, 0.2) is 34.9 Å². The topological polar surface area (TPSA) is 51.2 Å². The highest BCUT2D eigenvalue weighted by Gasteiger charge is 2.25. The number of benzene rings is 1. The lowest BCUT2D eigenvalue weighted by Crippen LogP contribution is -2.46. The molecule has 1 heterocycles. The number of nitrogens with one attached hydrogen (secondary N) is 1. The van der Waals surface area contributed by atoms with E-state index in [0.717, 1.165) is 18.7 Å². The van der Waals surface area contributed by atoms with Crippen molar-refractivity contribution in [1.82, 2.24) is 5.32 Å². The van der Waals surface area contributed by atoms with Gasteiger partial charge in [0.2, 0.25) is 0 Å². The minimum atomic E-state index is -0.186. The maximum Gasteiger partial charge on any atom is 0.134 e. The average molecular weight is 260 g/mol. The second-order valence-corrected chi connectivity index (χ2v) is 6.62. The molecule has 0 radical (unpaired) electrons. The highest BCUT2D eigenvalue weighted by molar-refractivity contribution is 5.82. The second-order valence-electron chi connectivity index (χ2n) is 6.62. The van der Waals surface area contributed by atoms with E-state index in [1.54, 1.807) is 0 Å². The van der Waals surface area contributed by atoms with Gasteiger partial charge >= 0.3 is 0 Å². The van der Waals surface area contributed by atoms with Gasteiger partial charge in [0.15, 0.2) is 0 Å². The van der Waals surface area contributed by atoms with E-state index >= 15 is 0 Å². The summed E-state index contributed by atoms with van der Waals surface area (Å²) in [7, 11) is 0. The summed E-state index contributed by atoms with van der Waals surface area (Å²) in [5.41, 5.74) is 8.01. The van der Waals surface area contributed by atoms with Gasteiger partial charge in [0.25, 0.3) is 0 Å². The van der Waals surface area contributed by atoms with Crippen molar-refractivity contribution in [2.75, 3.05) is 13.1 Å². The van der Waals surface area contributed by atoms with Gasteiger partial charge in [-0.1, -0.05) is 32.0 Å². The minimum absolute atomic E-state index is 0.0118. The van der Waals surface area contributed by atoms with Crippen LogP contribution in [-0.4, -0.2) is 18.6 Å². The summed E-state index contributed by atoms with van der Waals surface area (Å²) < 4.78 is 5.63. The van der Waals surface area contributed by atoms with Crippen LogP contribution in [0.25, 0.3) is 11.0 Å². The predicted molar refractivity (Wildman–Crippen MR) is 80.4 cm³/mol. The normalized spacial score (nSPS) is 13.1. The summed E-state index contributed by atoms with van der Waals surface area (Å²) in [5.74, 6) is 0. The third kappa shape index (κ3) is 3.37. The average Bonchev–Trinajstić information content (AvgIpc) is 2.71. The van der Waals surface area contributed by atoms with Crippen molar-refractivity contribution >= 4 is 11.0 Å². The van der Waals surface area contributed by atoms with E-state index in [1.165, 1.54) is 10.9 Å². The Morgan fingerprint density at radius 1 is 1.11 bits per heavy atom. The van der Waals surface area contributed by atoms with Crippen LogP contribution < -0.4 is 11.1 Å². The van der Waals surface area contributed by atoms with Crippen molar-refractivity contribution < 1.29 is 4.42 Å². The Kier molecular flexibility index (Phi) is 3.70. The molecule has 3 nitrogen and oxygen atoms in total. The van der Waals surface area contributed by atoms with Crippen LogP contribution in [0.1, 0.15) is 33.3 Å². The molecule has 2 rings (SSSR count). The van der Waals surface area contributed by atoms with Crippen LogP contribution in [0, 0.1) is 0 Å². The van der Waals surface area contributed by atoms with Crippen molar-refractivity contribution in [2.24, 2.45) is 5.73 Å². The Bertz CT molecular complexity index is 549. The zero-order valence-electron chi connectivity index (χ0n) is 12.3.